The van der Waals surface area contributed by atoms with Crippen LogP contribution in [0, 0.1) is 3.57 Å². The van der Waals surface area contributed by atoms with Gasteiger partial charge in [0.05, 0.1) is 5.69 Å². The minimum atomic E-state index is -0.263. The van der Waals surface area contributed by atoms with Gasteiger partial charge in [-0.2, -0.15) is 0 Å². The molecule has 0 aromatic heterocycles. The first-order valence-corrected chi connectivity index (χ1v) is 6.02. The average molecular weight is 317 g/mol. The lowest BCUT2D eigenvalue weighted by atomic mass is 10.2. The Hall–Kier alpha value is -0.620. The molecule has 3 nitrogen and oxygen atoms in total. The van der Waals surface area contributed by atoms with Crippen molar-refractivity contribution in [1.29, 1.82) is 0 Å². The summed E-state index contributed by atoms with van der Waals surface area (Å²) in [6.45, 7) is 0.698. The van der Waals surface area contributed by atoms with Crippen molar-refractivity contribution in [2.45, 2.75) is 18.9 Å². The van der Waals surface area contributed by atoms with Crippen LogP contribution in [0.3, 0.4) is 0 Å². The van der Waals surface area contributed by atoms with Gasteiger partial charge >= 0.3 is 0 Å². The first kappa shape index (κ1) is 10.9. The molecule has 1 heterocycles. The Morgan fingerprint density at radius 3 is 2.93 bits per heavy atom. The molecule has 1 saturated heterocycles. The zero-order valence-corrected chi connectivity index (χ0v) is 10.4. The predicted molar refractivity (Wildman–Crippen MR) is 66.8 cm³/mol. The number of benzene rings is 1. The number of nitrogens with one attached hydrogen (secondary N) is 1. The van der Waals surface area contributed by atoms with Gasteiger partial charge in [0.2, 0.25) is 0 Å². The van der Waals surface area contributed by atoms with Crippen molar-refractivity contribution in [2.24, 2.45) is 0 Å². The van der Waals surface area contributed by atoms with E-state index in [1.165, 1.54) is 0 Å². The Morgan fingerprint density at radius 1 is 1.47 bits per heavy atom. The van der Waals surface area contributed by atoms with Gasteiger partial charge in [-0.3, -0.25) is 4.79 Å². The topological polar surface area (TPSA) is 38.3 Å². The van der Waals surface area contributed by atoms with Gasteiger partial charge in [0.15, 0.2) is 0 Å². The second-order valence-electron chi connectivity index (χ2n) is 3.47. The third-order valence-corrected chi connectivity index (χ3v) is 3.29. The van der Waals surface area contributed by atoms with E-state index in [0.717, 1.165) is 22.1 Å². The zero-order valence-electron chi connectivity index (χ0n) is 8.20. The molecule has 80 valence electrons. The van der Waals surface area contributed by atoms with Gasteiger partial charge in [0, 0.05) is 10.2 Å². The van der Waals surface area contributed by atoms with E-state index in [9.17, 15) is 4.79 Å². The molecule has 0 radical (unpaired) electrons. The second kappa shape index (κ2) is 4.94. The van der Waals surface area contributed by atoms with Crippen LogP contribution in [-0.2, 0) is 9.53 Å². The van der Waals surface area contributed by atoms with Crippen LogP contribution in [0.15, 0.2) is 24.3 Å². The summed E-state index contributed by atoms with van der Waals surface area (Å²) in [7, 11) is 0. The molecule has 0 aliphatic carbocycles. The highest BCUT2D eigenvalue weighted by Gasteiger charge is 2.23. The van der Waals surface area contributed by atoms with Gasteiger partial charge in [-0.1, -0.05) is 12.1 Å². The first-order chi connectivity index (χ1) is 7.27. The maximum absolute atomic E-state index is 11.7. The highest BCUT2D eigenvalue weighted by molar-refractivity contribution is 14.1. The molecule has 4 heteroatoms. The molecule has 0 bridgehead atoms. The number of carbonyl (C=O) groups is 1. The van der Waals surface area contributed by atoms with Crippen molar-refractivity contribution in [2.75, 3.05) is 11.9 Å². The van der Waals surface area contributed by atoms with Gasteiger partial charge in [0.1, 0.15) is 6.10 Å². The minimum Gasteiger partial charge on any atom is -0.368 e. The predicted octanol–water partition coefficient (Wildman–Crippen LogP) is 2.41. The van der Waals surface area contributed by atoms with Crippen molar-refractivity contribution in [1.82, 2.24) is 0 Å². The Labute approximate surface area is 102 Å². The second-order valence-corrected chi connectivity index (χ2v) is 4.63. The maximum atomic E-state index is 11.7. The summed E-state index contributed by atoms with van der Waals surface area (Å²) in [6, 6.07) is 7.72. The monoisotopic (exact) mass is 317 g/mol. The van der Waals surface area contributed by atoms with Crippen LogP contribution in [0.1, 0.15) is 12.8 Å². The molecule has 1 aliphatic rings. The van der Waals surface area contributed by atoms with Crippen molar-refractivity contribution >= 4 is 34.2 Å². The van der Waals surface area contributed by atoms with Crippen LogP contribution >= 0.6 is 22.6 Å². The molecular weight excluding hydrogens is 305 g/mol. The molecule has 0 spiro atoms. The molecule has 1 fully saturated rings. The molecule has 1 unspecified atom stereocenters. The molecule has 1 aliphatic heterocycles. The third kappa shape index (κ3) is 2.69. The normalized spacial score (nSPS) is 20.2. The van der Waals surface area contributed by atoms with E-state index < -0.39 is 0 Å². The Balaban J connectivity index is 2.02. The fourth-order valence-corrected chi connectivity index (χ4v) is 2.08. The Kier molecular flexibility index (Phi) is 3.58. The number of carbonyl (C=O) groups excluding carboxylic acids is 1. The molecule has 0 saturated carbocycles. The minimum absolute atomic E-state index is 0.0309. The van der Waals surface area contributed by atoms with E-state index in [1.807, 2.05) is 24.3 Å². The largest absolute Gasteiger partial charge is 0.368 e. The fourth-order valence-electron chi connectivity index (χ4n) is 1.56. The molecule has 1 amide bonds. The number of hydrogen-bond acceptors (Lipinski definition) is 2. The standard InChI is InChI=1S/C11H12INO2/c12-8-4-1-2-5-9(8)13-11(14)10-6-3-7-15-10/h1-2,4-5,10H,3,6-7H2,(H,13,14). The summed E-state index contributed by atoms with van der Waals surface area (Å²) in [5.74, 6) is -0.0309. The van der Waals surface area contributed by atoms with Crippen molar-refractivity contribution < 1.29 is 9.53 Å². The van der Waals surface area contributed by atoms with Crippen LogP contribution < -0.4 is 5.32 Å². The van der Waals surface area contributed by atoms with Crippen LogP contribution in [0.2, 0.25) is 0 Å². The highest BCUT2D eigenvalue weighted by Crippen LogP contribution is 2.19. The van der Waals surface area contributed by atoms with E-state index in [0.29, 0.717) is 6.61 Å². The van der Waals surface area contributed by atoms with Gasteiger partial charge in [0.25, 0.3) is 5.91 Å². The van der Waals surface area contributed by atoms with Crippen molar-refractivity contribution in [3.8, 4) is 0 Å². The average Bonchev–Trinajstić information content (AvgIpc) is 2.74. The van der Waals surface area contributed by atoms with Crippen molar-refractivity contribution in [3.63, 3.8) is 0 Å². The van der Waals surface area contributed by atoms with Gasteiger partial charge in [-0.25, -0.2) is 0 Å². The Morgan fingerprint density at radius 2 is 2.27 bits per heavy atom. The summed E-state index contributed by atoms with van der Waals surface area (Å²) in [5.41, 5.74) is 0.860. The lowest BCUT2D eigenvalue weighted by Gasteiger charge is -2.11. The number of hydrogen-bond donors (Lipinski definition) is 1. The van der Waals surface area contributed by atoms with Crippen LogP contribution in [0.4, 0.5) is 5.69 Å². The number of halogens is 1. The number of ether oxygens (including phenoxy) is 1. The van der Waals surface area contributed by atoms with Gasteiger partial charge in [-0.05, 0) is 47.6 Å². The van der Waals surface area contributed by atoms with E-state index >= 15 is 0 Å². The van der Waals surface area contributed by atoms with Crippen molar-refractivity contribution in [3.05, 3.63) is 27.8 Å². The number of anilines is 1. The SMILES string of the molecule is O=C(Nc1ccccc1I)C1CCCO1. The summed E-state index contributed by atoms with van der Waals surface area (Å²) in [4.78, 5) is 11.7. The van der Waals surface area contributed by atoms with Crippen LogP contribution in [-0.4, -0.2) is 18.6 Å². The lowest BCUT2D eigenvalue weighted by molar-refractivity contribution is -0.124. The van der Waals surface area contributed by atoms with Gasteiger partial charge < -0.3 is 10.1 Å². The smallest absolute Gasteiger partial charge is 0.253 e. The molecule has 1 aromatic rings. The Bertz CT molecular complexity index is 361. The van der Waals surface area contributed by atoms with Gasteiger partial charge in [-0.15, -0.1) is 0 Å². The van der Waals surface area contributed by atoms with E-state index in [4.69, 9.17) is 4.74 Å². The molecule has 1 atom stereocenters. The summed E-state index contributed by atoms with van der Waals surface area (Å²) < 4.78 is 6.36. The van der Waals surface area contributed by atoms with E-state index in [-0.39, 0.29) is 12.0 Å². The highest BCUT2D eigenvalue weighted by atomic mass is 127. The first-order valence-electron chi connectivity index (χ1n) is 4.94. The number of amides is 1. The zero-order chi connectivity index (χ0) is 10.7. The van der Waals surface area contributed by atoms with Crippen LogP contribution in [0.5, 0.6) is 0 Å². The van der Waals surface area contributed by atoms with Crippen LogP contribution in [0.25, 0.3) is 0 Å². The number of para-hydroxylation sites is 1. The molecule has 1 N–H and O–H groups in total. The molecular formula is C11H12INO2. The molecule has 2 rings (SSSR count). The summed E-state index contributed by atoms with van der Waals surface area (Å²) in [6.07, 6.45) is 1.54. The third-order valence-electron chi connectivity index (χ3n) is 2.35. The number of rotatable bonds is 2. The lowest BCUT2D eigenvalue weighted by Crippen LogP contribution is -2.27. The quantitative estimate of drug-likeness (QED) is 0.851. The maximum Gasteiger partial charge on any atom is 0.253 e. The molecule has 1 aromatic carbocycles. The fraction of sp³-hybridized carbons (Fsp3) is 0.364. The molecule has 15 heavy (non-hydrogen) atoms. The van der Waals surface area contributed by atoms with E-state index in [1.54, 1.807) is 0 Å². The summed E-state index contributed by atoms with van der Waals surface area (Å²) in [5, 5.41) is 2.88. The van der Waals surface area contributed by atoms with E-state index in [2.05, 4.69) is 27.9 Å². The summed E-state index contributed by atoms with van der Waals surface area (Å²) >= 11 is 2.20.